The van der Waals surface area contributed by atoms with Crippen molar-refractivity contribution in [1.82, 2.24) is 0 Å². The lowest BCUT2D eigenvalue weighted by molar-refractivity contribution is -0.167. The minimum Gasteiger partial charge on any atom is -0.462 e. The normalized spacial score (nSPS) is 12.2. The van der Waals surface area contributed by atoms with Crippen LogP contribution in [0.3, 0.4) is 0 Å². The van der Waals surface area contributed by atoms with E-state index in [-0.39, 0.29) is 31.1 Å². The first-order valence-electron chi connectivity index (χ1n) is 33.0. The monoisotopic (exact) mass is 1040 g/mol. The van der Waals surface area contributed by atoms with E-state index in [0.717, 1.165) is 89.9 Å². The zero-order valence-corrected chi connectivity index (χ0v) is 49.9. The number of hydrogen-bond acceptors (Lipinski definition) is 6. The molecule has 0 rings (SSSR count). The Morgan fingerprint density at radius 3 is 0.770 bits per heavy atom. The molecule has 0 aliphatic heterocycles. The van der Waals surface area contributed by atoms with E-state index in [1.54, 1.807) is 0 Å². The molecule has 1 unspecified atom stereocenters. The second kappa shape index (κ2) is 63.2. The molecule has 1 atom stereocenters. The molecular weight excluding hydrogens is 913 g/mol. The van der Waals surface area contributed by atoms with Crippen LogP contribution >= 0.6 is 0 Å². The number of esters is 3. The van der Waals surface area contributed by atoms with Crippen LogP contribution in [0.5, 0.6) is 0 Å². The average molecular weight is 1040 g/mol. The third-order valence-electron chi connectivity index (χ3n) is 14.9. The minimum absolute atomic E-state index is 0.0764. The SMILES string of the molecule is CCCCCC/C=C\C/C=C\CCCCCCCC(=O)OC(COC(=O)CCCCCCC/C=C\CCCCCCCCC)COC(=O)CCCCCCCCCCCCCCCCCCCCCCCCCC. The lowest BCUT2D eigenvalue weighted by Crippen LogP contribution is -2.30. The number of rotatable bonds is 61. The van der Waals surface area contributed by atoms with E-state index >= 15 is 0 Å². The van der Waals surface area contributed by atoms with Crippen LogP contribution in [0, 0.1) is 0 Å². The van der Waals surface area contributed by atoms with Gasteiger partial charge in [0.25, 0.3) is 0 Å². The van der Waals surface area contributed by atoms with Gasteiger partial charge in [0.15, 0.2) is 6.10 Å². The van der Waals surface area contributed by atoms with Crippen LogP contribution < -0.4 is 0 Å². The Bertz CT molecular complexity index is 1240. The van der Waals surface area contributed by atoms with Crippen LogP contribution in [0.2, 0.25) is 0 Å². The summed E-state index contributed by atoms with van der Waals surface area (Å²) in [5.41, 5.74) is 0. The molecule has 0 aromatic heterocycles. The van der Waals surface area contributed by atoms with E-state index in [4.69, 9.17) is 14.2 Å². The van der Waals surface area contributed by atoms with Crippen molar-refractivity contribution in [1.29, 1.82) is 0 Å². The number of carbonyl (C=O) groups is 3. The van der Waals surface area contributed by atoms with Gasteiger partial charge in [-0.3, -0.25) is 14.4 Å². The molecule has 0 heterocycles. The molecule has 434 valence electrons. The van der Waals surface area contributed by atoms with Crippen molar-refractivity contribution in [2.24, 2.45) is 0 Å². The van der Waals surface area contributed by atoms with Gasteiger partial charge in [0, 0.05) is 19.3 Å². The second-order valence-corrected chi connectivity index (χ2v) is 22.4. The summed E-state index contributed by atoms with van der Waals surface area (Å²) in [6.07, 6.45) is 77.3. The molecule has 0 aliphatic carbocycles. The van der Waals surface area contributed by atoms with E-state index in [9.17, 15) is 14.4 Å². The predicted octanol–water partition coefficient (Wildman–Crippen LogP) is 22.4. The fraction of sp³-hybridized carbons (Fsp3) is 0.868. The van der Waals surface area contributed by atoms with Gasteiger partial charge in [0.05, 0.1) is 0 Å². The third kappa shape index (κ3) is 60.5. The Hall–Kier alpha value is -2.37. The van der Waals surface area contributed by atoms with Crippen LogP contribution in [0.15, 0.2) is 36.5 Å². The molecule has 6 heteroatoms. The number of carbonyl (C=O) groups excluding carboxylic acids is 3. The largest absolute Gasteiger partial charge is 0.462 e. The fourth-order valence-electron chi connectivity index (χ4n) is 9.88. The molecule has 0 saturated carbocycles. The molecule has 0 aromatic rings. The van der Waals surface area contributed by atoms with Crippen molar-refractivity contribution in [2.75, 3.05) is 13.2 Å². The lowest BCUT2D eigenvalue weighted by Gasteiger charge is -2.18. The van der Waals surface area contributed by atoms with Crippen molar-refractivity contribution in [3.63, 3.8) is 0 Å². The zero-order chi connectivity index (χ0) is 53.6. The maximum atomic E-state index is 12.9. The first-order valence-corrected chi connectivity index (χ1v) is 33.0. The van der Waals surface area contributed by atoms with E-state index in [1.807, 2.05) is 0 Å². The van der Waals surface area contributed by atoms with Crippen molar-refractivity contribution in [3.05, 3.63) is 36.5 Å². The maximum Gasteiger partial charge on any atom is 0.306 e. The van der Waals surface area contributed by atoms with Crippen molar-refractivity contribution in [2.45, 2.75) is 367 Å². The molecule has 0 aromatic carbocycles. The van der Waals surface area contributed by atoms with Gasteiger partial charge in [-0.25, -0.2) is 0 Å². The predicted molar refractivity (Wildman–Crippen MR) is 321 cm³/mol. The van der Waals surface area contributed by atoms with Gasteiger partial charge in [0.1, 0.15) is 13.2 Å². The highest BCUT2D eigenvalue weighted by Gasteiger charge is 2.19. The Morgan fingerprint density at radius 1 is 0.270 bits per heavy atom. The molecule has 0 radical (unpaired) electrons. The second-order valence-electron chi connectivity index (χ2n) is 22.4. The van der Waals surface area contributed by atoms with E-state index < -0.39 is 6.10 Å². The van der Waals surface area contributed by atoms with Gasteiger partial charge in [0.2, 0.25) is 0 Å². The first kappa shape index (κ1) is 71.6. The summed E-state index contributed by atoms with van der Waals surface area (Å²) in [7, 11) is 0. The van der Waals surface area contributed by atoms with E-state index in [2.05, 4.69) is 57.2 Å². The summed E-state index contributed by atoms with van der Waals surface area (Å²) >= 11 is 0. The van der Waals surface area contributed by atoms with Gasteiger partial charge < -0.3 is 14.2 Å². The lowest BCUT2D eigenvalue weighted by atomic mass is 10.0. The summed E-state index contributed by atoms with van der Waals surface area (Å²) in [6.45, 7) is 6.66. The Morgan fingerprint density at radius 2 is 0.486 bits per heavy atom. The maximum absolute atomic E-state index is 12.9. The highest BCUT2D eigenvalue weighted by Crippen LogP contribution is 2.18. The summed E-state index contributed by atoms with van der Waals surface area (Å²) < 4.78 is 16.9. The smallest absolute Gasteiger partial charge is 0.306 e. The standard InChI is InChI=1S/C68H126O6/c1-4-7-10-13-16-19-22-25-28-31-32-33-34-35-36-37-38-41-43-46-49-52-55-58-61-67(70)73-64-65(74-68(71)62-59-56-53-50-47-44-40-30-27-24-21-18-15-12-9-6-3)63-72-66(69)60-57-54-51-48-45-42-39-29-26-23-20-17-14-11-8-5-2/h21,24,29-30,39-40,65H,4-20,22-23,25-28,31-38,41-64H2,1-3H3/b24-21-,39-29-,40-30-. The van der Waals surface area contributed by atoms with Crippen LogP contribution in [-0.2, 0) is 28.6 Å². The Kier molecular flexibility index (Phi) is 61.1. The molecule has 0 N–H and O–H groups in total. The molecule has 0 spiro atoms. The summed E-state index contributed by atoms with van der Waals surface area (Å²) in [4.78, 5) is 38.3. The fourth-order valence-corrected chi connectivity index (χ4v) is 9.88. The van der Waals surface area contributed by atoms with Gasteiger partial charge in [-0.15, -0.1) is 0 Å². The van der Waals surface area contributed by atoms with Crippen LogP contribution in [-0.4, -0.2) is 37.2 Å². The van der Waals surface area contributed by atoms with Crippen LogP contribution in [0.1, 0.15) is 361 Å². The highest BCUT2D eigenvalue weighted by molar-refractivity contribution is 5.71. The minimum atomic E-state index is -0.781. The van der Waals surface area contributed by atoms with Crippen LogP contribution in [0.25, 0.3) is 0 Å². The van der Waals surface area contributed by atoms with Gasteiger partial charge in [-0.2, -0.15) is 0 Å². The van der Waals surface area contributed by atoms with Crippen molar-refractivity contribution >= 4 is 17.9 Å². The number of ether oxygens (including phenoxy) is 3. The Balaban J connectivity index is 4.28. The summed E-state index contributed by atoms with van der Waals surface area (Å²) in [5, 5.41) is 0. The Labute approximate surface area is 461 Å². The van der Waals surface area contributed by atoms with Gasteiger partial charge in [-0.05, 0) is 77.0 Å². The zero-order valence-electron chi connectivity index (χ0n) is 49.9. The molecule has 6 nitrogen and oxygen atoms in total. The molecule has 0 aliphatic rings. The molecule has 0 bridgehead atoms. The molecular formula is C68H126O6. The molecule has 74 heavy (non-hydrogen) atoms. The number of hydrogen-bond donors (Lipinski definition) is 0. The summed E-state index contributed by atoms with van der Waals surface area (Å²) in [5.74, 6) is -0.875. The average Bonchev–Trinajstić information content (AvgIpc) is 3.40. The van der Waals surface area contributed by atoms with Gasteiger partial charge in [-0.1, -0.05) is 301 Å². The van der Waals surface area contributed by atoms with E-state index in [0.29, 0.717) is 19.3 Å². The first-order chi connectivity index (χ1) is 36.5. The van der Waals surface area contributed by atoms with Gasteiger partial charge >= 0.3 is 17.9 Å². The third-order valence-corrected chi connectivity index (χ3v) is 14.9. The molecule has 0 fully saturated rings. The van der Waals surface area contributed by atoms with Crippen molar-refractivity contribution in [3.8, 4) is 0 Å². The topological polar surface area (TPSA) is 78.9 Å². The molecule has 0 amide bonds. The number of allylic oxidation sites excluding steroid dienone is 6. The summed E-state index contributed by atoms with van der Waals surface area (Å²) in [6, 6.07) is 0. The number of unbranched alkanes of at least 4 members (excludes halogenated alkanes) is 44. The van der Waals surface area contributed by atoms with Crippen molar-refractivity contribution < 1.29 is 28.6 Å². The van der Waals surface area contributed by atoms with E-state index in [1.165, 1.54) is 231 Å². The quantitative estimate of drug-likeness (QED) is 0.0261. The highest BCUT2D eigenvalue weighted by atomic mass is 16.6. The molecule has 0 saturated heterocycles. The van der Waals surface area contributed by atoms with Crippen LogP contribution in [0.4, 0.5) is 0 Å².